The van der Waals surface area contributed by atoms with E-state index in [0.717, 1.165) is 17.8 Å². The van der Waals surface area contributed by atoms with Gasteiger partial charge in [0, 0.05) is 19.3 Å². The lowest BCUT2D eigenvalue weighted by atomic mass is 10.3. The topological polar surface area (TPSA) is 29.9 Å². The predicted octanol–water partition coefficient (Wildman–Crippen LogP) is 3.40. The van der Waals surface area contributed by atoms with Crippen LogP contribution < -0.4 is 5.32 Å². The Kier molecular flexibility index (Phi) is 3.02. The third-order valence-corrected chi connectivity index (χ3v) is 2.54. The Morgan fingerprint density at radius 1 is 1.35 bits per heavy atom. The average Bonchev–Trinajstić information content (AvgIpc) is 2.51. The minimum absolute atomic E-state index is 0.0155. The smallest absolute Gasteiger partial charge is 0.207 e. The number of halogens is 3. The van der Waals surface area contributed by atoms with Crippen LogP contribution in [0.25, 0.3) is 0 Å². The van der Waals surface area contributed by atoms with Crippen molar-refractivity contribution >= 4 is 23.2 Å². The molecule has 6 heteroatoms. The fourth-order valence-electron chi connectivity index (χ4n) is 1.51. The molecular formula is C11H10ClF2N3. The minimum atomic E-state index is -0.754. The van der Waals surface area contributed by atoms with E-state index in [4.69, 9.17) is 11.6 Å². The molecule has 0 bridgehead atoms. The van der Waals surface area contributed by atoms with Gasteiger partial charge in [-0.3, -0.25) is 0 Å². The van der Waals surface area contributed by atoms with Crippen molar-refractivity contribution < 1.29 is 8.78 Å². The first-order valence-corrected chi connectivity index (χ1v) is 5.26. The zero-order valence-corrected chi connectivity index (χ0v) is 10.0. The lowest BCUT2D eigenvalue weighted by molar-refractivity contribution is 0.586. The van der Waals surface area contributed by atoms with Crippen molar-refractivity contribution in [1.29, 1.82) is 0 Å². The number of imidazole rings is 1. The molecule has 1 N–H and O–H groups in total. The van der Waals surface area contributed by atoms with E-state index in [0.29, 0.717) is 5.95 Å². The molecule has 0 spiro atoms. The van der Waals surface area contributed by atoms with Gasteiger partial charge in [0.25, 0.3) is 0 Å². The summed E-state index contributed by atoms with van der Waals surface area (Å²) in [5.41, 5.74) is 0.801. The summed E-state index contributed by atoms with van der Waals surface area (Å²) in [5.74, 6) is -1.03. The number of rotatable bonds is 2. The highest BCUT2D eigenvalue weighted by Crippen LogP contribution is 2.28. The summed E-state index contributed by atoms with van der Waals surface area (Å²) in [6.45, 7) is 1.81. The van der Waals surface area contributed by atoms with E-state index in [2.05, 4.69) is 10.3 Å². The van der Waals surface area contributed by atoms with Crippen LogP contribution in [-0.4, -0.2) is 9.55 Å². The maximum Gasteiger partial charge on any atom is 0.207 e. The van der Waals surface area contributed by atoms with Gasteiger partial charge in [0.15, 0.2) is 5.82 Å². The largest absolute Gasteiger partial charge is 0.322 e. The quantitative estimate of drug-likeness (QED) is 0.894. The Hall–Kier alpha value is -1.62. The predicted molar refractivity (Wildman–Crippen MR) is 62.6 cm³/mol. The fraction of sp³-hybridized carbons (Fsp3) is 0.182. The minimum Gasteiger partial charge on any atom is -0.322 e. The van der Waals surface area contributed by atoms with Crippen molar-refractivity contribution in [2.45, 2.75) is 6.92 Å². The summed E-state index contributed by atoms with van der Waals surface area (Å²) < 4.78 is 28.1. The van der Waals surface area contributed by atoms with Crippen LogP contribution in [-0.2, 0) is 7.05 Å². The van der Waals surface area contributed by atoms with Crippen LogP contribution in [0.15, 0.2) is 18.3 Å². The highest BCUT2D eigenvalue weighted by Gasteiger charge is 2.12. The van der Waals surface area contributed by atoms with E-state index < -0.39 is 11.6 Å². The Labute approximate surface area is 102 Å². The molecule has 0 amide bonds. The van der Waals surface area contributed by atoms with Crippen LogP contribution in [0.4, 0.5) is 20.4 Å². The van der Waals surface area contributed by atoms with Crippen molar-refractivity contribution in [2.75, 3.05) is 5.32 Å². The number of aromatic nitrogens is 2. The first kappa shape index (κ1) is 11.9. The summed E-state index contributed by atoms with van der Waals surface area (Å²) in [6, 6.07) is 1.81. The van der Waals surface area contributed by atoms with Gasteiger partial charge < -0.3 is 9.88 Å². The normalized spacial score (nSPS) is 10.6. The Morgan fingerprint density at radius 2 is 2.06 bits per heavy atom. The summed E-state index contributed by atoms with van der Waals surface area (Å²) >= 11 is 5.76. The number of hydrogen-bond acceptors (Lipinski definition) is 2. The highest BCUT2D eigenvalue weighted by atomic mass is 35.5. The number of aryl methyl sites for hydroxylation is 2. The highest BCUT2D eigenvalue weighted by molar-refractivity contribution is 6.33. The molecule has 0 saturated heterocycles. The number of hydrogen-bond donors (Lipinski definition) is 1. The fourth-order valence-corrected chi connectivity index (χ4v) is 1.75. The second kappa shape index (κ2) is 4.33. The SMILES string of the molecule is Cc1cn(C)c(Nc2c(F)cc(F)cc2Cl)n1. The second-order valence-corrected chi connectivity index (χ2v) is 4.09. The van der Waals surface area contributed by atoms with Gasteiger partial charge in [0.05, 0.1) is 16.4 Å². The first-order valence-electron chi connectivity index (χ1n) is 4.89. The molecular weight excluding hydrogens is 248 g/mol. The molecule has 3 nitrogen and oxygen atoms in total. The van der Waals surface area contributed by atoms with E-state index in [9.17, 15) is 8.78 Å². The molecule has 0 saturated carbocycles. The molecule has 0 atom stereocenters. The molecule has 0 fully saturated rings. The standard InChI is InChI=1S/C11H10ClF2N3/c1-6-5-17(2)11(15-6)16-10-8(12)3-7(13)4-9(10)14/h3-5H,1-2H3,(H,15,16). The number of nitrogens with one attached hydrogen (secondary N) is 1. The lowest BCUT2D eigenvalue weighted by Gasteiger charge is -2.09. The molecule has 1 aromatic carbocycles. The number of anilines is 2. The van der Waals surface area contributed by atoms with Crippen LogP contribution in [0, 0.1) is 18.6 Å². The van der Waals surface area contributed by atoms with Crippen molar-refractivity contribution in [3.8, 4) is 0 Å². The Bertz CT molecular complexity index is 543. The van der Waals surface area contributed by atoms with Gasteiger partial charge in [-0.15, -0.1) is 0 Å². The first-order chi connectivity index (χ1) is 7.97. The van der Waals surface area contributed by atoms with Gasteiger partial charge in [-0.1, -0.05) is 11.6 Å². The van der Waals surface area contributed by atoms with E-state index in [-0.39, 0.29) is 10.7 Å². The molecule has 2 rings (SSSR count). The summed E-state index contributed by atoms with van der Waals surface area (Å²) in [5, 5.41) is 2.71. The van der Waals surface area contributed by atoms with E-state index in [1.165, 1.54) is 0 Å². The lowest BCUT2D eigenvalue weighted by Crippen LogP contribution is -2.01. The van der Waals surface area contributed by atoms with E-state index >= 15 is 0 Å². The molecule has 1 aromatic heterocycles. The van der Waals surface area contributed by atoms with E-state index in [1.807, 2.05) is 6.92 Å². The molecule has 0 aliphatic carbocycles. The monoisotopic (exact) mass is 257 g/mol. The molecule has 17 heavy (non-hydrogen) atoms. The average molecular weight is 258 g/mol. The van der Waals surface area contributed by atoms with Crippen molar-refractivity contribution in [1.82, 2.24) is 9.55 Å². The zero-order valence-electron chi connectivity index (χ0n) is 9.26. The van der Waals surface area contributed by atoms with E-state index in [1.54, 1.807) is 17.8 Å². The maximum atomic E-state index is 13.5. The third-order valence-electron chi connectivity index (χ3n) is 2.24. The molecule has 0 unspecified atom stereocenters. The van der Waals surface area contributed by atoms with Gasteiger partial charge in [-0.05, 0) is 13.0 Å². The molecule has 0 aliphatic rings. The van der Waals surface area contributed by atoms with Gasteiger partial charge in [0.1, 0.15) is 5.82 Å². The van der Waals surface area contributed by atoms with Crippen molar-refractivity contribution in [2.24, 2.45) is 7.05 Å². The van der Waals surface area contributed by atoms with Gasteiger partial charge >= 0.3 is 0 Å². The zero-order chi connectivity index (χ0) is 12.6. The summed E-state index contributed by atoms with van der Waals surface area (Å²) in [4.78, 5) is 4.14. The van der Waals surface area contributed by atoms with Crippen molar-refractivity contribution in [3.63, 3.8) is 0 Å². The van der Waals surface area contributed by atoms with Crippen LogP contribution in [0.2, 0.25) is 5.02 Å². The molecule has 90 valence electrons. The summed E-state index contributed by atoms with van der Waals surface area (Å²) in [7, 11) is 1.76. The van der Waals surface area contributed by atoms with Crippen LogP contribution in [0.3, 0.4) is 0 Å². The number of benzene rings is 1. The van der Waals surface area contributed by atoms with Crippen LogP contribution >= 0.6 is 11.6 Å². The van der Waals surface area contributed by atoms with Crippen LogP contribution in [0.5, 0.6) is 0 Å². The van der Waals surface area contributed by atoms with Gasteiger partial charge in [-0.2, -0.15) is 0 Å². The maximum absolute atomic E-state index is 13.5. The Morgan fingerprint density at radius 3 is 2.59 bits per heavy atom. The molecule has 1 heterocycles. The number of nitrogens with zero attached hydrogens (tertiary/aromatic N) is 2. The molecule has 0 aliphatic heterocycles. The third kappa shape index (κ3) is 2.39. The summed E-state index contributed by atoms with van der Waals surface area (Å²) in [6.07, 6.45) is 1.78. The van der Waals surface area contributed by atoms with Crippen LogP contribution in [0.1, 0.15) is 5.69 Å². The Balaban J connectivity index is 2.39. The second-order valence-electron chi connectivity index (χ2n) is 3.69. The van der Waals surface area contributed by atoms with Crippen molar-refractivity contribution in [3.05, 3.63) is 40.7 Å². The molecule has 2 aromatic rings. The van der Waals surface area contributed by atoms with Gasteiger partial charge in [0.2, 0.25) is 5.95 Å². The van der Waals surface area contributed by atoms with Gasteiger partial charge in [-0.25, -0.2) is 13.8 Å². The molecule has 0 radical (unpaired) electrons.